The zero-order chi connectivity index (χ0) is 10.4. The van der Waals surface area contributed by atoms with Gasteiger partial charge in [-0.05, 0) is 32.0 Å². The number of amides is 1. The first-order valence-corrected chi connectivity index (χ1v) is 4.65. The molecule has 0 aliphatic heterocycles. The van der Waals surface area contributed by atoms with Gasteiger partial charge >= 0.3 is 0 Å². The smallest absolute Gasteiger partial charge is 0.251 e. The number of carbonyl (C=O) groups is 1. The van der Waals surface area contributed by atoms with Crippen molar-refractivity contribution in [1.82, 2.24) is 10.3 Å². The van der Waals surface area contributed by atoms with Crippen LogP contribution in [-0.4, -0.2) is 23.5 Å². The molecule has 1 aromatic heterocycles. The van der Waals surface area contributed by atoms with Gasteiger partial charge in [0, 0.05) is 24.0 Å². The quantitative estimate of drug-likeness (QED) is 0.733. The van der Waals surface area contributed by atoms with Crippen molar-refractivity contribution in [2.24, 2.45) is 5.73 Å². The van der Waals surface area contributed by atoms with Crippen LogP contribution in [0.5, 0.6) is 0 Å². The number of pyridine rings is 1. The van der Waals surface area contributed by atoms with Crippen LogP contribution in [0.4, 0.5) is 0 Å². The molecule has 76 valence electrons. The van der Waals surface area contributed by atoms with Crippen LogP contribution >= 0.6 is 0 Å². The fourth-order valence-corrected chi connectivity index (χ4v) is 1.13. The molecular weight excluding hydrogens is 178 g/mol. The Morgan fingerprint density at radius 2 is 2.21 bits per heavy atom. The molecule has 1 heterocycles. The van der Waals surface area contributed by atoms with E-state index < -0.39 is 0 Å². The Bertz CT molecular complexity index is 287. The van der Waals surface area contributed by atoms with Crippen LogP contribution in [-0.2, 0) is 0 Å². The van der Waals surface area contributed by atoms with E-state index in [9.17, 15) is 4.79 Å². The maximum Gasteiger partial charge on any atom is 0.251 e. The molecule has 1 aromatic rings. The highest BCUT2D eigenvalue weighted by atomic mass is 16.1. The van der Waals surface area contributed by atoms with Gasteiger partial charge < -0.3 is 11.1 Å². The van der Waals surface area contributed by atoms with Gasteiger partial charge in [-0.1, -0.05) is 0 Å². The minimum absolute atomic E-state index is 0.0756. The van der Waals surface area contributed by atoms with Crippen LogP contribution in [0, 0.1) is 0 Å². The van der Waals surface area contributed by atoms with Crippen molar-refractivity contribution in [1.29, 1.82) is 0 Å². The van der Waals surface area contributed by atoms with Gasteiger partial charge in [0.25, 0.3) is 5.91 Å². The summed E-state index contributed by atoms with van der Waals surface area (Å²) in [6.45, 7) is 2.52. The van der Waals surface area contributed by atoms with E-state index in [4.69, 9.17) is 5.73 Å². The molecule has 1 atom stereocenters. The van der Waals surface area contributed by atoms with Gasteiger partial charge in [-0.2, -0.15) is 0 Å². The number of rotatable bonds is 4. The molecule has 1 amide bonds. The molecule has 0 fully saturated rings. The summed E-state index contributed by atoms with van der Waals surface area (Å²) < 4.78 is 0. The van der Waals surface area contributed by atoms with Crippen LogP contribution < -0.4 is 11.1 Å². The summed E-state index contributed by atoms with van der Waals surface area (Å²) >= 11 is 0. The van der Waals surface area contributed by atoms with Gasteiger partial charge in [0.1, 0.15) is 0 Å². The largest absolute Gasteiger partial charge is 0.350 e. The number of carbonyl (C=O) groups excluding carboxylic acids is 1. The first kappa shape index (κ1) is 10.7. The van der Waals surface area contributed by atoms with Crippen molar-refractivity contribution >= 4 is 5.91 Å². The third kappa shape index (κ3) is 3.14. The highest BCUT2D eigenvalue weighted by Gasteiger charge is 2.07. The van der Waals surface area contributed by atoms with Gasteiger partial charge in [-0.3, -0.25) is 9.78 Å². The average Bonchev–Trinajstić information content (AvgIpc) is 2.19. The maximum absolute atomic E-state index is 11.6. The molecule has 0 bridgehead atoms. The second-order valence-corrected chi connectivity index (χ2v) is 3.19. The molecular formula is C10H15N3O. The zero-order valence-electron chi connectivity index (χ0n) is 8.23. The minimum atomic E-state index is -0.0756. The number of hydrogen-bond acceptors (Lipinski definition) is 3. The molecule has 1 unspecified atom stereocenters. The molecule has 0 saturated carbocycles. The van der Waals surface area contributed by atoms with Gasteiger partial charge in [-0.25, -0.2) is 0 Å². The van der Waals surface area contributed by atoms with E-state index in [-0.39, 0.29) is 11.9 Å². The van der Waals surface area contributed by atoms with Gasteiger partial charge in [0.2, 0.25) is 0 Å². The first-order valence-electron chi connectivity index (χ1n) is 4.65. The summed E-state index contributed by atoms with van der Waals surface area (Å²) in [4.78, 5) is 15.4. The second kappa shape index (κ2) is 5.34. The lowest BCUT2D eigenvalue weighted by Crippen LogP contribution is -2.33. The number of nitrogens with two attached hydrogens (primary N) is 1. The van der Waals surface area contributed by atoms with Gasteiger partial charge in [0.05, 0.1) is 0 Å². The van der Waals surface area contributed by atoms with E-state index in [0.29, 0.717) is 12.1 Å². The highest BCUT2D eigenvalue weighted by molar-refractivity contribution is 5.94. The fourth-order valence-electron chi connectivity index (χ4n) is 1.13. The first-order chi connectivity index (χ1) is 6.74. The molecule has 0 radical (unpaired) electrons. The van der Waals surface area contributed by atoms with Gasteiger partial charge in [0.15, 0.2) is 0 Å². The number of hydrogen-bond donors (Lipinski definition) is 2. The van der Waals surface area contributed by atoms with Crippen molar-refractivity contribution in [3.05, 3.63) is 30.1 Å². The van der Waals surface area contributed by atoms with Crippen LogP contribution in [0.3, 0.4) is 0 Å². The third-order valence-electron chi connectivity index (χ3n) is 1.92. The molecule has 4 heteroatoms. The Morgan fingerprint density at radius 3 is 2.79 bits per heavy atom. The Labute approximate surface area is 83.5 Å². The van der Waals surface area contributed by atoms with Crippen molar-refractivity contribution in [3.63, 3.8) is 0 Å². The Hall–Kier alpha value is -1.42. The Kier molecular flexibility index (Phi) is 4.07. The van der Waals surface area contributed by atoms with E-state index >= 15 is 0 Å². The average molecular weight is 193 g/mol. The van der Waals surface area contributed by atoms with Crippen molar-refractivity contribution in [2.75, 3.05) is 6.54 Å². The molecule has 0 aliphatic carbocycles. The van der Waals surface area contributed by atoms with E-state index in [0.717, 1.165) is 6.42 Å². The molecule has 14 heavy (non-hydrogen) atoms. The minimum Gasteiger partial charge on any atom is -0.350 e. The monoisotopic (exact) mass is 193 g/mol. The lowest BCUT2D eigenvalue weighted by molar-refractivity contribution is 0.0939. The predicted molar refractivity (Wildman–Crippen MR) is 54.8 cm³/mol. The predicted octanol–water partition coefficient (Wildman–Crippen LogP) is 0.549. The molecule has 0 aliphatic rings. The molecule has 3 N–H and O–H groups in total. The molecule has 0 saturated heterocycles. The normalized spacial score (nSPS) is 12.1. The third-order valence-corrected chi connectivity index (χ3v) is 1.92. The molecule has 1 rings (SSSR count). The van der Waals surface area contributed by atoms with Crippen molar-refractivity contribution in [3.8, 4) is 0 Å². The summed E-state index contributed by atoms with van der Waals surface area (Å²) in [6, 6.07) is 3.48. The number of nitrogens with zero attached hydrogens (tertiary/aromatic N) is 1. The van der Waals surface area contributed by atoms with E-state index in [1.165, 1.54) is 0 Å². The van der Waals surface area contributed by atoms with Crippen molar-refractivity contribution < 1.29 is 4.79 Å². The Morgan fingerprint density at radius 1 is 1.57 bits per heavy atom. The van der Waals surface area contributed by atoms with Crippen LogP contribution in [0.15, 0.2) is 24.5 Å². The standard InChI is InChI=1S/C10H15N3O/c1-8(2-5-11)13-10(14)9-3-6-12-7-4-9/h3-4,6-8H,2,5,11H2,1H3,(H,13,14). The van der Waals surface area contributed by atoms with Gasteiger partial charge in [-0.15, -0.1) is 0 Å². The summed E-state index contributed by atoms with van der Waals surface area (Å²) in [6.07, 6.45) is 3.99. The summed E-state index contributed by atoms with van der Waals surface area (Å²) in [5.41, 5.74) is 6.01. The number of nitrogens with one attached hydrogen (secondary N) is 1. The van der Waals surface area contributed by atoms with E-state index in [2.05, 4.69) is 10.3 Å². The van der Waals surface area contributed by atoms with Crippen LogP contribution in [0.25, 0.3) is 0 Å². The van der Waals surface area contributed by atoms with E-state index in [1.54, 1.807) is 24.5 Å². The van der Waals surface area contributed by atoms with Crippen LogP contribution in [0.2, 0.25) is 0 Å². The maximum atomic E-state index is 11.6. The van der Waals surface area contributed by atoms with Crippen LogP contribution in [0.1, 0.15) is 23.7 Å². The summed E-state index contributed by atoms with van der Waals surface area (Å²) in [7, 11) is 0. The lowest BCUT2D eigenvalue weighted by atomic mass is 10.2. The molecule has 0 aromatic carbocycles. The number of aromatic nitrogens is 1. The Balaban J connectivity index is 2.51. The SMILES string of the molecule is CC(CCN)NC(=O)c1ccncc1. The van der Waals surface area contributed by atoms with Crippen molar-refractivity contribution in [2.45, 2.75) is 19.4 Å². The fraction of sp³-hybridized carbons (Fsp3) is 0.400. The second-order valence-electron chi connectivity index (χ2n) is 3.19. The summed E-state index contributed by atoms with van der Waals surface area (Å²) in [5, 5.41) is 2.85. The molecule has 4 nitrogen and oxygen atoms in total. The summed E-state index contributed by atoms with van der Waals surface area (Å²) in [5.74, 6) is -0.0756. The topological polar surface area (TPSA) is 68.0 Å². The van der Waals surface area contributed by atoms with E-state index in [1.807, 2.05) is 6.92 Å². The highest BCUT2D eigenvalue weighted by Crippen LogP contribution is 1.97. The molecule has 0 spiro atoms. The lowest BCUT2D eigenvalue weighted by Gasteiger charge is -2.12. The zero-order valence-corrected chi connectivity index (χ0v) is 8.23.